The Morgan fingerprint density at radius 3 is 2.44 bits per heavy atom. The Morgan fingerprint density at radius 1 is 1.06 bits per heavy atom. The summed E-state index contributed by atoms with van der Waals surface area (Å²) in [6.45, 7) is 2.49. The van der Waals surface area contributed by atoms with Crippen molar-refractivity contribution in [3.05, 3.63) is 69.8 Å². The summed E-state index contributed by atoms with van der Waals surface area (Å²) in [7, 11) is -4.50. The summed E-state index contributed by atoms with van der Waals surface area (Å²) in [5.41, 5.74) is 2.59. The second kappa shape index (κ2) is 9.47. The van der Waals surface area contributed by atoms with Crippen LogP contribution in [0.15, 0.2) is 46.1 Å². The van der Waals surface area contributed by atoms with Crippen molar-refractivity contribution < 1.29 is 21.6 Å². The molecule has 0 amide bonds. The third-order valence-electron chi connectivity index (χ3n) is 5.22. The van der Waals surface area contributed by atoms with Crippen molar-refractivity contribution in [2.75, 3.05) is 23.1 Å². The molecule has 1 saturated heterocycles. The van der Waals surface area contributed by atoms with Crippen LogP contribution in [-0.2, 0) is 23.1 Å². The molecule has 2 heterocycles. The molecule has 1 aromatic heterocycles. The fraction of sp³-hybridized carbons (Fsp3) is 0.286. The first-order chi connectivity index (χ1) is 15.3. The zero-order chi connectivity index (χ0) is 22.7. The van der Waals surface area contributed by atoms with Gasteiger partial charge in [0.1, 0.15) is 17.5 Å². The van der Waals surface area contributed by atoms with Crippen LogP contribution in [0.4, 0.5) is 24.7 Å². The van der Waals surface area contributed by atoms with Gasteiger partial charge >= 0.3 is 0 Å². The lowest BCUT2D eigenvalue weighted by Crippen LogP contribution is -2.20. The predicted octanol–water partition coefficient (Wildman–Crippen LogP) is 4.57. The van der Waals surface area contributed by atoms with Gasteiger partial charge in [-0.15, -0.1) is 11.3 Å². The molecule has 1 aliphatic heterocycles. The van der Waals surface area contributed by atoms with Crippen LogP contribution in [0.25, 0.3) is 0 Å². The number of likely N-dealkylation sites (tertiary alicyclic amines) is 1. The summed E-state index contributed by atoms with van der Waals surface area (Å²) in [4.78, 5) is 4.88. The Bertz CT molecular complexity index is 1170. The predicted molar refractivity (Wildman–Crippen MR) is 118 cm³/mol. The minimum absolute atomic E-state index is 0.00209. The zero-order valence-corrected chi connectivity index (χ0v) is 18.6. The average Bonchev–Trinajstić information content (AvgIpc) is 3.41. The third-order valence-corrected chi connectivity index (χ3v) is 7.21. The third kappa shape index (κ3) is 5.05. The van der Waals surface area contributed by atoms with Gasteiger partial charge in [0.05, 0.1) is 5.51 Å². The summed E-state index contributed by atoms with van der Waals surface area (Å²) in [5, 5.41) is 4.21. The Morgan fingerprint density at radius 2 is 1.78 bits per heavy atom. The maximum Gasteiger partial charge on any atom is 0.268 e. The van der Waals surface area contributed by atoms with Crippen molar-refractivity contribution in [1.82, 2.24) is 9.88 Å². The van der Waals surface area contributed by atoms with Crippen molar-refractivity contribution in [2.24, 2.45) is 0 Å². The number of rotatable bonds is 8. The Balaban J connectivity index is 1.53. The van der Waals surface area contributed by atoms with E-state index in [1.54, 1.807) is 6.07 Å². The number of sulfonamides is 1. The van der Waals surface area contributed by atoms with Crippen LogP contribution in [-0.4, -0.2) is 31.4 Å². The molecule has 0 spiro atoms. The Kier molecular flexibility index (Phi) is 6.68. The fourth-order valence-electron chi connectivity index (χ4n) is 3.69. The van der Waals surface area contributed by atoms with E-state index in [1.807, 2.05) is 10.8 Å². The zero-order valence-electron chi connectivity index (χ0n) is 16.9. The smallest absolute Gasteiger partial charge is 0.268 e. The van der Waals surface area contributed by atoms with Gasteiger partial charge in [0.15, 0.2) is 10.7 Å². The van der Waals surface area contributed by atoms with Crippen LogP contribution in [0.5, 0.6) is 0 Å². The molecule has 170 valence electrons. The number of benzene rings is 2. The van der Waals surface area contributed by atoms with Gasteiger partial charge < -0.3 is 5.32 Å². The molecule has 0 aliphatic carbocycles. The standard InChI is InChI=1S/C21H21F3N4O2S2/c22-17-5-3-4-14(11-28-6-1-2-7-28)16(17)10-25-15-8-18(23)21(19(24)9-15)32(29,30)27-20-12-31-13-26-20/h3-5,8-9,12-13,25,27H,1-2,6-7,10-11H2. The Labute approximate surface area is 188 Å². The number of thiazole rings is 1. The van der Waals surface area contributed by atoms with Crippen molar-refractivity contribution in [3.63, 3.8) is 0 Å². The van der Waals surface area contributed by atoms with E-state index in [0.717, 1.165) is 55.0 Å². The molecule has 0 radical (unpaired) electrons. The number of halogens is 3. The molecule has 0 bridgehead atoms. The number of anilines is 2. The molecule has 0 saturated carbocycles. The number of hydrogen-bond donors (Lipinski definition) is 2. The van der Waals surface area contributed by atoms with E-state index in [4.69, 9.17) is 0 Å². The SMILES string of the molecule is O=S(=O)(Nc1cscn1)c1c(F)cc(NCc2c(F)cccc2CN2CCCC2)cc1F. The van der Waals surface area contributed by atoms with Gasteiger partial charge in [-0.2, -0.15) is 0 Å². The first-order valence-corrected chi connectivity index (χ1v) is 12.4. The number of hydrogen-bond acceptors (Lipinski definition) is 6. The first-order valence-electron chi connectivity index (χ1n) is 9.96. The number of nitrogens with zero attached hydrogens (tertiary/aromatic N) is 2. The van der Waals surface area contributed by atoms with Crippen molar-refractivity contribution in [3.8, 4) is 0 Å². The maximum absolute atomic E-state index is 14.6. The van der Waals surface area contributed by atoms with E-state index in [0.29, 0.717) is 12.1 Å². The molecule has 2 N–H and O–H groups in total. The highest BCUT2D eigenvalue weighted by atomic mass is 32.2. The lowest BCUT2D eigenvalue weighted by Gasteiger charge is -2.19. The molecule has 11 heteroatoms. The summed E-state index contributed by atoms with van der Waals surface area (Å²) < 4.78 is 70.5. The summed E-state index contributed by atoms with van der Waals surface area (Å²) in [6, 6.07) is 6.56. The van der Waals surface area contributed by atoms with E-state index in [2.05, 4.69) is 15.2 Å². The molecule has 1 fully saturated rings. The van der Waals surface area contributed by atoms with E-state index in [9.17, 15) is 21.6 Å². The lowest BCUT2D eigenvalue weighted by atomic mass is 10.1. The highest BCUT2D eigenvalue weighted by Crippen LogP contribution is 2.26. The molecular formula is C21H21F3N4O2S2. The van der Waals surface area contributed by atoms with E-state index in [-0.39, 0.29) is 18.1 Å². The summed E-state index contributed by atoms with van der Waals surface area (Å²) in [6.07, 6.45) is 2.21. The summed E-state index contributed by atoms with van der Waals surface area (Å²) in [5.74, 6) is -2.97. The van der Waals surface area contributed by atoms with Gasteiger partial charge in [-0.05, 0) is 49.7 Å². The molecule has 0 atom stereocenters. The van der Waals surface area contributed by atoms with Crippen molar-refractivity contribution >= 4 is 32.9 Å². The molecular weight excluding hydrogens is 461 g/mol. The highest BCUT2D eigenvalue weighted by Gasteiger charge is 2.26. The van der Waals surface area contributed by atoms with Gasteiger partial charge in [-0.3, -0.25) is 9.62 Å². The fourth-order valence-corrected chi connectivity index (χ4v) is 5.37. The maximum atomic E-state index is 14.6. The van der Waals surface area contributed by atoms with E-state index < -0.39 is 32.4 Å². The quantitative estimate of drug-likeness (QED) is 0.492. The largest absolute Gasteiger partial charge is 0.381 e. The molecule has 32 heavy (non-hydrogen) atoms. The van der Waals surface area contributed by atoms with Crippen molar-refractivity contribution in [2.45, 2.75) is 30.8 Å². The molecule has 1 aliphatic rings. The number of aromatic nitrogens is 1. The van der Waals surface area contributed by atoms with Gasteiger partial charge in [-0.1, -0.05) is 12.1 Å². The van der Waals surface area contributed by atoms with Crippen LogP contribution in [0.3, 0.4) is 0 Å². The van der Waals surface area contributed by atoms with Gasteiger partial charge in [0.25, 0.3) is 10.0 Å². The Hall–Kier alpha value is -2.63. The molecule has 3 aromatic rings. The van der Waals surface area contributed by atoms with Crippen LogP contribution in [0.2, 0.25) is 0 Å². The second-order valence-electron chi connectivity index (χ2n) is 7.46. The van der Waals surface area contributed by atoms with Gasteiger partial charge in [0, 0.05) is 29.7 Å². The normalized spacial score (nSPS) is 14.6. The highest BCUT2D eigenvalue weighted by molar-refractivity contribution is 7.92. The monoisotopic (exact) mass is 482 g/mol. The minimum atomic E-state index is -4.50. The lowest BCUT2D eigenvalue weighted by molar-refractivity contribution is 0.329. The summed E-state index contributed by atoms with van der Waals surface area (Å²) >= 11 is 1.13. The average molecular weight is 483 g/mol. The van der Waals surface area contributed by atoms with Crippen molar-refractivity contribution in [1.29, 1.82) is 0 Å². The topological polar surface area (TPSA) is 74.3 Å². The minimum Gasteiger partial charge on any atom is -0.381 e. The van der Waals surface area contributed by atoms with Gasteiger partial charge in [-0.25, -0.2) is 26.6 Å². The van der Waals surface area contributed by atoms with E-state index >= 15 is 0 Å². The van der Waals surface area contributed by atoms with Crippen LogP contribution >= 0.6 is 11.3 Å². The molecule has 2 aromatic carbocycles. The second-order valence-corrected chi connectivity index (χ2v) is 9.80. The van der Waals surface area contributed by atoms with Crippen LogP contribution < -0.4 is 10.0 Å². The van der Waals surface area contributed by atoms with Crippen LogP contribution in [0, 0.1) is 17.5 Å². The number of nitrogens with one attached hydrogen (secondary N) is 2. The van der Waals surface area contributed by atoms with Crippen LogP contribution in [0.1, 0.15) is 24.0 Å². The molecule has 6 nitrogen and oxygen atoms in total. The molecule has 4 rings (SSSR count). The van der Waals surface area contributed by atoms with Gasteiger partial charge in [0.2, 0.25) is 0 Å². The molecule has 0 unspecified atom stereocenters. The first kappa shape index (κ1) is 22.6. The van der Waals surface area contributed by atoms with E-state index in [1.165, 1.54) is 17.0 Å².